The third-order valence-corrected chi connectivity index (χ3v) is 5.66. The molecule has 2 heterocycles. The second-order valence-corrected chi connectivity index (χ2v) is 7.75. The molecule has 5 nitrogen and oxygen atoms in total. The zero-order valence-electron chi connectivity index (χ0n) is 15.8. The Morgan fingerprint density at radius 3 is 2.78 bits per heavy atom. The first-order valence-electron chi connectivity index (χ1n) is 9.48. The minimum absolute atomic E-state index is 0.133. The Balaban J connectivity index is 1.72. The molecule has 2 atom stereocenters. The SMILES string of the molecule is Cc1nc(C(=O)NCC2CCCC[C@@H]2O)cc(Cc2ccc(Cl)nc2)c1C. The Hall–Kier alpha value is -1.98. The lowest BCUT2D eigenvalue weighted by atomic mass is 9.86. The smallest absolute Gasteiger partial charge is 0.269 e. The number of nitrogens with zero attached hydrogens (tertiary/aromatic N) is 2. The van der Waals surface area contributed by atoms with Gasteiger partial charge in [0.05, 0.1) is 6.10 Å². The van der Waals surface area contributed by atoms with Gasteiger partial charge in [-0.05, 0) is 61.9 Å². The summed E-state index contributed by atoms with van der Waals surface area (Å²) in [6.07, 6.45) is 6.05. The second kappa shape index (κ2) is 8.81. The molecule has 0 bridgehead atoms. The van der Waals surface area contributed by atoms with Gasteiger partial charge in [0.1, 0.15) is 10.8 Å². The van der Waals surface area contributed by atoms with Gasteiger partial charge in [-0.25, -0.2) is 9.97 Å². The molecule has 0 saturated heterocycles. The van der Waals surface area contributed by atoms with Crippen LogP contribution in [0, 0.1) is 19.8 Å². The monoisotopic (exact) mass is 387 g/mol. The van der Waals surface area contributed by atoms with Gasteiger partial charge in [0, 0.05) is 24.4 Å². The number of hydrogen-bond donors (Lipinski definition) is 2. The van der Waals surface area contributed by atoms with Crippen molar-refractivity contribution in [1.82, 2.24) is 15.3 Å². The van der Waals surface area contributed by atoms with E-state index in [1.54, 1.807) is 12.3 Å². The highest BCUT2D eigenvalue weighted by molar-refractivity contribution is 6.29. The highest BCUT2D eigenvalue weighted by atomic mass is 35.5. The number of aliphatic hydroxyl groups excluding tert-OH is 1. The van der Waals surface area contributed by atoms with E-state index >= 15 is 0 Å². The molecule has 3 rings (SSSR count). The van der Waals surface area contributed by atoms with Crippen molar-refractivity contribution in [2.24, 2.45) is 5.92 Å². The lowest BCUT2D eigenvalue weighted by Crippen LogP contribution is -2.37. The fourth-order valence-corrected chi connectivity index (χ4v) is 3.69. The molecule has 1 fully saturated rings. The predicted molar refractivity (Wildman–Crippen MR) is 106 cm³/mol. The highest BCUT2D eigenvalue weighted by Gasteiger charge is 2.24. The summed E-state index contributed by atoms with van der Waals surface area (Å²) in [6, 6.07) is 5.56. The molecule has 1 unspecified atom stereocenters. The molecule has 2 aromatic heterocycles. The summed E-state index contributed by atoms with van der Waals surface area (Å²) in [4.78, 5) is 21.2. The number of amides is 1. The van der Waals surface area contributed by atoms with Gasteiger partial charge in [0.25, 0.3) is 5.91 Å². The molecule has 2 N–H and O–H groups in total. The standard InChI is InChI=1S/C21H26ClN3O2/c1-13-14(2)25-18(10-17(13)9-15-7-8-20(22)23-11-15)21(27)24-12-16-5-3-4-6-19(16)26/h7-8,10-11,16,19,26H,3-6,9,12H2,1-2H3,(H,24,27)/t16?,19-/m0/s1. The van der Waals surface area contributed by atoms with Crippen LogP contribution in [0.2, 0.25) is 5.15 Å². The molecule has 6 heteroatoms. The number of carbonyl (C=O) groups excluding carboxylic acids is 1. The first-order chi connectivity index (χ1) is 12.9. The third kappa shape index (κ3) is 5.05. The van der Waals surface area contributed by atoms with E-state index in [-0.39, 0.29) is 17.9 Å². The molecule has 0 spiro atoms. The Kier molecular flexibility index (Phi) is 6.45. The van der Waals surface area contributed by atoms with Gasteiger partial charge >= 0.3 is 0 Å². The first-order valence-corrected chi connectivity index (χ1v) is 9.85. The van der Waals surface area contributed by atoms with E-state index in [0.29, 0.717) is 23.8 Å². The van der Waals surface area contributed by atoms with Crippen LogP contribution in [-0.2, 0) is 6.42 Å². The number of aromatic nitrogens is 2. The summed E-state index contributed by atoms with van der Waals surface area (Å²) in [5, 5.41) is 13.5. The van der Waals surface area contributed by atoms with Crippen LogP contribution in [-0.4, -0.2) is 33.6 Å². The Labute approximate surface area is 165 Å². The Bertz CT molecular complexity index is 808. The van der Waals surface area contributed by atoms with Crippen LogP contribution in [0.3, 0.4) is 0 Å². The van der Waals surface area contributed by atoms with Gasteiger partial charge in [-0.2, -0.15) is 0 Å². The number of carbonyl (C=O) groups is 1. The Morgan fingerprint density at radius 2 is 2.07 bits per heavy atom. The van der Waals surface area contributed by atoms with Crippen LogP contribution >= 0.6 is 11.6 Å². The van der Waals surface area contributed by atoms with E-state index < -0.39 is 0 Å². The van der Waals surface area contributed by atoms with Crippen molar-refractivity contribution in [1.29, 1.82) is 0 Å². The third-order valence-electron chi connectivity index (χ3n) is 5.43. The zero-order valence-corrected chi connectivity index (χ0v) is 16.6. The largest absolute Gasteiger partial charge is 0.393 e. The summed E-state index contributed by atoms with van der Waals surface area (Å²) in [6.45, 7) is 4.42. The molecule has 0 aliphatic heterocycles. The maximum Gasteiger partial charge on any atom is 0.269 e. The van der Waals surface area contributed by atoms with Crippen molar-refractivity contribution in [2.45, 2.75) is 52.1 Å². The van der Waals surface area contributed by atoms with E-state index in [1.807, 2.05) is 26.0 Å². The maximum atomic E-state index is 12.6. The molecule has 0 aromatic carbocycles. The number of halogens is 1. The van der Waals surface area contributed by atoms with Gasteiger partial charge in [-0.15, -0.1) is 0 Å². The van der Waals surface area contributed by atoms with Crippen LogP contribution in [0.4, 0.5) is 0 Å². The quantitative estimate of drug-likeness (QED) is 0.768. The van der Waals surface area contributed by atoms with Crippen LogP contribution in [0.15, 0.2) is 24.4 Å². The van der Waals surface area contributed by atoms with Gasteiger partial charge in [0.2, 0.25) is 0 Å². The molecule has 27 heavy (non-hydrogen) atoms. The van der Waals surface area contributed by atoms with Crippen molar-refractivity contribution in [2.75, 3.05) is 6.54 Å². The molecular weight excluding hydrogens is 362 g/mol. The second-order valence-electron chi connectivity index (χ2n) is 7.36. The van der Waals surface area contributed by atoms with E-state index in [2.05, 4.69) is 15.3 Å². The highest BCUT2D eigenvalue weighted by Crippen LogP contribution is 2.24. The van der Waals surface area contributed by atoms with Crippen LogP contribution in [0.25, 0.3) is 0 Å². The fraction of sp³-hybridized carbons (Fsp3) is 0.476. The molecule has 0 radical (unpaired) electrons. The number of nitrogens with one attached hydrogen (secondary N) is 1. The van der Waals surface area contributed by atoms with Crippen molar-refractivity contribution in [3.05, 3.63) is 57.6 Å². The fourth-order valence-electron chi connectivity index (χ4n) is 3.57. The van der Waals surface area contributed by atoms with Gasteiger partial charge < -0.3 is 10.4 Å². The van der Waals surface area contributed by atoms with E-state index in [9.17, 15) is 9.90 Å². The lowest BCUT2D eigenvalue weighted by molar-refractivity contribution is 0.0661. The van der Waals surface area contributed by atoms with Gasteiger partial charge in [0.15, 0.2) is 0 Å². The first kappa shape index (κ1) is 19.8. The lowest BCUT2D eigenvalue weighted by Gasteiger charge is -2.27. The van der Waals surface area contributed by atoms with Crippen LogP contribution in [0.1, 0.15) is 58.6 Å². The summed E-state index contributed by atoms with van der Waals surface area (Å²) in [7, 11) is 0. The molecule has 1 saturated carbocycles. The normalized spacial score (nSPS) is 19.7. The molecule has 144 valence electrons. The summed E-state index contributed by atoms with van der Waals surface area (Å²) in [5.41, 5.74) is 4.42. The van der Waals surface area contributed by atoms with Crippen LogP contribution < -0.4 is 5.32 Å². The minimum atomic E-state index is -0.320. The Morgan fingerprint density at radius 1 is 1.30 bits per heavy atom. The number of rotatable bonds is 5. The van der Waals surface area contributed by atoms with Crippen molar-refractivity contribution >= 4 is 17.5 Å². The minimum Gasteiger partial charge on any atom is -0.393 e. The zero-order chi connectivity index (χ0) is 19.4. The number of pyridine rings is 2. The van der Waals surface area contributed by atoms with E-state index in [1.165, 1.54) is 0 Å². The van der Waals surface area contributed by atoms with Crippen molar-refractivity contribution in [3.63, 3.8) is 0 Å². The van der Waals surface area contributed by atoms with E-state index in [0.717, 1.165) is 48.1 Å². The van der Waals surface area contributed by atoms with E-state index in [4.69, 9.17) is 11.6 Å². The van der Waals surface area contributed by atoms with Crippen molar-refractivity contribution < 1.29 is 9.90 Å². The number of aryl methyl sites for hydroxylation is 1. The maximum absolute atomic E-state index is 12.6. The average Bonchev–Trinajstić information content (AvgIpc) is 2.66. The molecule has 2 aromatic rings. The summed E-state index contributed by atoms with van der Waals surface area (Å²) < 4.78 is 0. The molecular formula is C21H26ClN3O2. The predicted octanol–water partition coefficient (Wildman–Crippen LogP) is 3.62. The van der Waals surface area contributed by atoms with Crippen molar-refractivity contribution in [3.8, 4) is 0 Å². The topological polar surface area (TPSA) is 75.1 Å². The summed E-state index contributed by atoms with van der Waals surface area (Å²) >= 11 is 5.86. The van der Waals surface area contributed by atoms with Gasteiger partial charge in [-0.3, -0.25) is 4.79 Å². The average molecular weight is 388 g/mol. The number of hydrogen-bond acceptors (Lipinski definition) is 4. The molecule has 1 aliphatic carbocycles. The molecule has 1 aliphatic rings. The van der Waals surface area contributed by atoms with Gasteiger partial charge in [-0.1, -0.05) is 30.5 Å². The number of aliphatic hydroxyl groups is 1. The molecule has 1 amide bonds. The van der Waals surface area contributed by atoms with Crippen LogP contribution in [0.5, 0.6) is 0 Å². The summed E-state index contributed by atoms with van der Waals surface area (Å²) in [5.74, 6) is -0.0554.